The molecule has 0 spiro atoms. The second-order valence-electron chi connectivity index (χ2n) is 6.83. The summed E-state index contributed by atoms with van der Waals surface area (Å²) in [5, 5.41) is 6.38. The Morgan fingerprint density at radius 1 is 1.04 bits per heavy atom. The number of benzene rings is 1. The van der Waals surface area contributed by atoms with Crippen LogP contribution in [0, 0.1) is 0 Å². The maximum absolute atomic E-state index is 12.3. The van der Waals surface area contributed by atoms with E-state index in [9.17, 15) is 14.4 Å². The van der Waals surface area contributed by atoms with Gasteiger partial charge in [0.15, 0.2) is 0 Å². The first-order chi connectivity index (χ1) is 12.1. The van der Waals surface area contributed by atoms with Crippen molar-refractivity contribution in [3.05, 3.63) is 34.9 Å². The maximum atomic E-state index is 12.3. The number of fused-ring (bicyclic) bond motifs is 1. The normalized spacial score (nSPS) is 18.2. The predicted molar refractivity (Wildman–Crippen MR) is 94.7 cm³/mol. The fourth-order valence-electron chi connectivity index (χ4n) is 3.54. The predicted octanol–water partition coefficient (Wildman–Crippen LogP) is 1.95. The molecule has 1 heterocycles. The molecule has 1 fully saturated rings. The SMILES string of the molecule is CN1C(=O)c2ccc(C(=O)NCCNC3CCCCCC3)cc2C1=O. The van der Waals surface area contributed by atoms with Gasteiger partial charge in [-0.3, -0.25) is 19.3 Å². The molecule has 1 aromatic carbocycles. The Balaban J connectivity index is 1.51. The first kappa shape index (κ1) is 17.6. The minimum absolute atomic E-state index is 0.222. The highest BCUT2D eigenvalue weighted by Crippen LogP contribution is 2.22. The van der Waals surface area contributed by atoms with Crippen LogP contribution in [0.5, 0.6) is 0 Å². The number of amides is 3. The molecule has 3 amide bonds. The van der Waals surface area contributed by atoms with E-state index in [2.05, 4.69) is 10.6 Å². The van der Waals surface area contributed by atoms with Crippen LogP contribution < -0.4 is 10.6 Å². The molecule has 1 aliphatic heterocycles. The van der Waals surface area contributed by atoms with E-state index in [1.807, 2.05) is 0 Å². The average molecular weight is 343 g/mol. The molecular weight excluding hydrogens is 318 g/mol. The highest BCUT2D eigenvalue weighted by Gasteiger charge is 2.33. The zero-order chi connectivity index (χ0) is 17.8. The second-order valence-corrected chi connectivity index (χ2v) is 6.83. The molecular formula is C19H25N3O3. The van der Waals surface area contributed by atoms with Gasteiger partial charge in [-0.1, -0.05) is 25.7 Å². The number of nitrogens with zero attached hydrogens (tertiary/aromatic N) is 1. The van der Waals surface area contributed by atoms with Gasteiger partial charge in [-0.05, 0) is 31.0 Å². The molecule has 25 heavy (non-hydrogen) atoms. The van der Waals surface area contributed by atoms with Crippen LogP contribution in [-0.4, -0.2) is 48.8 Å². The lowest BCUT2D eigenvalue weighted by atomic mass is 10.1. The summed E-state index contributed by atoms with van der Waals surface area (Å²) in [6.45, 7) is 1.28. The largest absolute Gasteiger partial charge is 0.351 e. The molecule has 1 aromatic rings. The monoisotopic (exact) mass is 343 g/mol. The molecule has 0 saturated heterocycles. The number of hydrogen-bond donors (Lipinski definition) is 2. The minimum Gasteiger partial charge on any atom is -0.351 e. The van der Waals surface area contributed by atoms with Crippen LogP contribution in [0.3, 0.4) is 0 Å². The Hall–Kier alpha value is -2.21. The molecule has 2 N–H and O–H groups in total. The molecule has 6 heteroatoms. The van der Waals surface area contributed by atoms with Crippen LogP contribution in [0.2, 0.25) is 0 Å². The molecule has 0 aromatic heterocycles. The number of rotatable bonds is 5. The third-order valence-corrected chi connectivity index (χ3v) is 5.05. The van der Waals surface area contributed by atoms with E-state index in [1.54, 1.807) is 12.1 Å². The van der Waals surface area contributed by atoms with Gasteiger partial charge in [-0.15, -0.1) is 0 Å². The molecule has 0 bridgehead atoms. The van der Waals surface area contributed by atoms with E-state index >= 15 is 0 Å². The summed E-state index contributed by atoms with van der Waals surface area (Å²) < 4.78 is 0. The standard InChI is InChI=1S/C19H25N3O3/c1-22-18(24)15-9-8-13(12-16(15)19(22)25)17(23)21-11-10-20-14-6-4-2-3-5-7-14/h8-9,12,14,20H,2-7,10-11H2,1H3,(H,21,23). The van der Waals surface area contributed by atoms with Crippen molar-refractivity contribution >= 4 is 17.7 Å². The Bertz CT molecular complexity index is 678. The lowest BCUT2D eigenvalue weighted by molar-refractivity contribution is 0.0693. The molecule has 134 valence electrons. The maximum Gasteiger partial charge on any atom is 0.261 e. The van der Waals surface area contributed by atoms with Gasteiger partial charge in [0.2, 0.25) is 0 Å². The smallest absolute Gasteiger partial charge is 0.261 e. The van der Waals surface area contributed by atoms with Gasteiger partial charge in [-0.25, -0.2) is 0 Å². The van der Waals surface area contributed by atoms with Gasteiger partial charge < -0.3 is 10.6 Å². The molecule has 0 atom stereocenters. The summed E-state index contributed by atoms with van der Waals surface area (Å²) in [6.07, 6.45) is 7.62. The molecule has 1 aliphatic carbocycles. The topological polar surface area (TPSA) is 78.5 Å². The van der Waals surface area contributed by atoms with Crippen molar-refractivity contribution in [1.29, 1.82) is 0 Å². The van der Waals surface area contributed by atoms with E-state index in [4.69, 9.17) is 0 Å². The Morgan fingerprint density at radius 2 is 1.72 bits per heavy atom. The van der Waals surface area contributed by atoms with Crippen molar-refractivity contribution in [3.8, 4) is 0 Å². The lowest BCUT2D eigenvalue weighted by Crippen LogP contribution is -2.36. The molecule has 0 radical (unpaired) electrons. The van der Waals surface area contributed by atoms with E-state index < -0.39 is 0 Å². The Labute approximate surface area is 148 Å². The number of carbonyl (C=O) groups excluding carboxylic acids is 3. The van der Waals surface area contributed by atoms with Crippen LogP contribution in [0.15, 0.2) is 18.2 Å². The average Bonchev–Trinajstić information content (AvgIpc) is 2.83. The van der Waals surface area contributed by atoms with E-state index in [1.165, 1.54) is 51.6 Å². The van der Waals surface area contributed by atoms with Gasteiger partial charge in [0.25, 0.3) is 17.7 Å². The summed E-state index contributed by atoms with van der Waals surface area (Å²) in [6, 6.07) is 5.21. The molecule has 6 nitrogen and oxygen atoms in total. The summed E-state index contributed by atoms with van der Waals surface area (Å²) >= 11 is 0. The molecule has 2 aliphatic rings. The van der Waals surface area contributed by atoms with Crippen LogP contribution in [0.25, 0.3) is 0 Å². The number of hydrogen-bond acceptors (Lipinski definition) is 4. The fraction of sp³-hybridized carbons (Fsp3) is 0.526. The second kappa shape index (κ2) is 7.78. The number of imide groups is 1. The lowest BCUT2D eigenvalue weighted by Gasteiger charge is -2.16. The van der Waals surface area contributed by atoms with Crippen LogP contribution >= 0.6 is 0 Å². The van der Waals surface area contributed by atoms with Crippen molar-refractivity contribution in [3.63, 3.8) is 0 Å². The first-order valence-electron chi connectivity index (χ1n) is 9.06. The highest BCUT2D eigenvalue weighted by molar-refractivity contribution is 6.21. The number of carbonyl (C=O) groups is 3. The Morgan fingerprint density at radius 3 is 2.44 bits per heavy atom. The molecule has 1 saturated carbocycles. The van der Waals surface area contributed by atoms with Crippen molar-refractivity contribution in [1.82, 2.24) is 15.5 Å². The zero-order valence-electron chi connectivity index (χ0n) is 14.6. The highest BCUT2D eigenvalue weighted by atomic mass is 16.2. The summed E-state index contributed by atoms with van der Waals surface area (Å²) in [7, 11) is 1.45. The van der Waals surface area contributed by atoms with Gasteiger partial charge in [0.05, 0.1) is 11.1 Å². The zero-order valence-corrected chi connectivity index (χ0v) is 14.6. The first-order valence-corrected chi connectivity index (χ1v) is 9.06. The van der Waals surface area contributed by atoms with Gasteiger partial charge >= 0.3 is 0 Å². The molecule has 3 rings (SSSR count). The summed E-state index contributed by atoms with van der Waals surface area (Å²) in [4.78, 5) is 37.2. The minimum atomic E-state index is -0.357. The van der Waals surface area contributed by atoms with Crippen LogP contribution in [0.4, 0.5) is 0 Å². The summed E-state index contributed by atoms with van der Waals surface area (Å²) in [5.74, 6) is -0.899. The van der Waals surface area contributed by atoms with Gasteiger partial charge in [-0.2, -0.15) is 0 Å². The van der Waals surface area contributed by atoms with Gasteiger partial charge in [0, 0.05) is 31.7 Å². The van der Waals surface area contributed by atoms with Crippen LogP contribution in [-0.2, 0) is 0 Å². The van der Waals surface area contributed by atoms with E-state index in [0.29, 0.717) is 29.3 Å². The van der Waals surface area contributed by atoms with Gasteiger partial charge in [0.1, 0.15) is 0 Å². The summed E-state index contributed by atoms with van der Waals surface area (Å²) in [5.41, 5.74) is 1.07. The third-order valence-electron chi connectivity index (χ3n) is 5.05. The van der Waals surface area contributed by atoms with Crippen molar-refractivity contribution in [2.75, 3.05) is 20.1 Å². The van der Waals surface area contributed by atoms with Crippen LogP contribution in [0.1, 0.15) is 69.6 Å². The van der Waals surface area contributed by atoms with Crippen molar-refractivity contribution in [2.24, 2.45) is 0 Å². The van der Waals surface area contributed by atoms with Crippen molar-refractivity contribution in [2.45, 2.75) is 44.6 Å². The Kier molecular flexibility index (Phi) is 5.48. The van der Waals surface area contributed by atoms with E-state index in [-0.39, 0.29) is 17.7 Å². The molecule has 0 unspecified atom stereocenters. The quantitative estimate of drug-likeness (QED) is 0.487. The van der Waals surface area contributed by atoms with Crippen molar-refractivity contribution < 1.29 is 14.4 Å². The van der Waals surface area contributed by atoms with E-state index in [0.717, 1.165) is 11.4 Å². The third kappa shape index (κ3) is 3.90. The number of nitrogens with one attached hydrogen (secondary N) is 2. The fourth-order valence-corrected chi connectivity index (χ4v) is 3.54.